The molecule has 0 saturated heterocycles. The van der Waals surface area contributed by atoms with Crippen LogP contribution in [0, 0.1) is 0 Å². The van der Waals surface area contributed by atoms with Crippen molar-refractivity contribution in [2.75, 3.05) is 25.3 Å². The maximum Gasteiger partial charge on any atom is 0.259 e. The Morgan fingerprint density at radius 3 is 2.52 bits per heavy atom. The van der Waals surface area contributed by atoms with Crippen LogP contribution in [0.15, 0.2) is 82.8 Å². The second-order valence-electron chi connectivity index (χ2n) is 8.92. The first-order valence-electron chi connectivity index (χ1n) is 12.5. The molecule has 0 radical (unpaired) electrons. The monoisotopic (exact) mass is 557 g/mol. The third kappa shape index (κ3) is 5.84. The van der Waals surface area contributed by atoms with Crippen LogP contribution in [0.3, 0.4) is 0 Å². The first-order valence-corrected chi connectivity index (χ1v) is 13.5. The molecule has 1 atom stereocenters. The molecule has 0 fully saturated rings. The molecule has 10 nitrogen and oxygen atoms in total. The summed E-state index contributed by atoms with van der Waals surface area (Å²) in [6.07, 6.45) is -0.0937. The van der Waals surface area contributed by atoms with Crippen LogP contribution in [-0.2, 0) is 20.9 Å². The SMILES string of the molecule is COc1ccc(NC(=O)CSC2=Nc3ccccc3C3=N[C@H](CC(=O)NCc4ccccc4)C(=O)N23)c(OC)c1. The minimum absolute atomic E-state index is 0.0184. The maximum absolute atomic E-state index is 13.5. The molecule has 2 aliphatic rings. The number of anilines is 1. The lowest BCUT2D eigenvalue weighted by molar-refractivity contribution is -0.128. The van der Waals surface area contributed by atoms with E-state index in [0.717, 1.165) is 17.3 Å². The van der Waals surface area contributed by atoms with Gasteiger partial charge in [-0.2, -0.15) is 0 Å². The summed E-state index contributed by atoms with van der Waals surface area (Å²) in [5, 5.41) is 6.00. The third-order valence-corrected chi connectivity index (χ3v) is 7.21. The number of para-hydroxylation sites is 1. The highest BCUT2D eigenvalue weighted by atomic mass is 32.2. The Bertz CT molecular complexity index is 1510. The van der Waals surface area contributed by atoms with Gasteiger partial charge in [-0.25, -0.2) is 9.89 Å². The lowest BCUT2D eigenvalue weighted by Gasteiger charge is -2.25. The first kappa shape index (κ1) is 26.9. The van der Waals surface area contributed by atoms with Gasteiger partial charge in [-0.3, -0.25) is 19.4 Å². The molecule has 0 saturated carbocycles. The van der Waals surface area contributed by atoms with Gasteiger partial charge in [-0.1, -0.05) is 54.2 Å². The van der Waals surface area contributed by atoms with E-state index in [1.807, 2.05) is 54.6 Å². The molecule has 2 aliphatic heterocycles. The summed E-state index contributed by atoms with van der Waals surface area (Å²) in [5.74, 6) is 0.520. The minimum Gasteiger partial charge on any atom is -0.497 e. The average molecular weight is 558 g/mol. The molecule has 0 unspecified atom stereocenters. The molecule has 0 bridgehead atoms. The summed E-state index contributed by atoms with van der Waals surface area (Å²) < 4.78 is 10.6. The highest BCUT2D eigenvalue weighted by molar-refractivity contribution is 8.14. The topological polar surface area (TPSA) is 122 Å². The van der Waals surface area contributed by atoms with Crippen LogP contribution < -0.4 is 20.1 Å². The number of nitrogens with zero attached hydrogens (tertiary/aromatic N) is 3. The Morgan fingerprint density at radius 2 is 1.75 bits per heavy atom. The minimum atomic E-state index is -0.889. The number of amidine groups is 2. The Hall–Kier alpha value is -4.64. The lowest BCUT2D eigenvalue weighted by atomic mass is 10.1. The van der Waals surface area contributed by atoms with E-state index >= 15 is 0 Å². The lowest BCUT2D eigenvalue weighted by Crippen LogP contribution is -2.42. The van der Waals surface area contributed by atoms with Crippen LogP contribution in [0.1, 0.15) is 17.5 Å². The van der Waals surface area contributed by atoms with Crippen molar-refractivity contribution in [3.05, 3.63) is 83.9 Å². The Kier molecular flexibility index (Phi) is 8.11. The fourth-order valence-electron chi connectivity index (χ4n) is 4.29. The average Bonchev–Trinajstić information content (AvgIpc) is 3.31. The molecule has 0 aromatic heterocycles. The van der Waals surface area contributed by atoms with Gasteiger partial charge in [-0.05, 0) is 29.8 Å². The number of aliphatic imine (C=N–C) groups is 2. The molecule has 3 aromatic carbocycles. The van der Waals surface area contributed by atoms with Crippen LogP contribution in [0.4, 0.5) is 11.4 Å². The van der Waals surface area contributed by atoms with Crippen molar-refractivity contribution in [3.63, 3.8) is 0 Å². The van der Waals surface area contributed by atoms with E-state index < -0.39 is 6.04 Å². The zero-order chi connectivity index (χ0) is 28.1. The molecule has 2 N–H and O–H groups in total. The molecule has 5 rings (SSSR count). The van der Waals surface area contributed by atoms with E-state index in [1.54, 1.807) is 25.3 Å². The molecule has 204 valence electrons. The highest BCUT2D eigenvalue weighted by Crippen LogP contribution is 2.34. The zero-order valence-electron chi connectivity index (χ0n) is 21.9. The molecule has 0 spiro atoms. The van der Waals surface area contributed by atoms with Crippen molar-refractivity contribution in [2.45, 2.75) is 19.0 Å². The van der Waals surface area contributed by atoms with E-state index in [1.165, 1.54) is 12.0 Å². The number of thioether (sulfide) groups is 1. The fraction of sp³-hybridized carbons (Fsp3) is 0.207. The van der Waals surface area contributed by atoms with E-state index in [2.05, 4.69) is 20.6 Å². The van der Waals surface area contributed by atoms with E-state index in [0.29, 0.717) is 46.0 Å². The Labute approximate surface area is 235 Å². The van der Waals surface area contributed by atoms with Crippen LogP contribution in [0.2, 0.25) is 0 Å². The Morgan fingerprint density at radius 1 is 0.975 bits per heavy atom. The van der Waals surface area contributed by atoms with Crippen molar-refractivity contribution in [1.82, 2.24) is 10.2 Å². The number of hydrogen-bond acceptors (Lipinski definition) is 8. The van der Waals surface area contributed by atoms with Gasteiger partial charge in [0.25, 0.3) is 5.91 Å². The summed E-state index contributed by atoms with van der Waals surface area (Å²) in [5.41, 5.74) is 2.78. The Balaban J connectivity index is 1.28. The fourth-order valence-corrected chi connectivity index (χ4v) is 5.10. The van der Waals surface area contributed by atoms with Crippen molar-refractivity contribution >= 4 is 51.9 Å². The number of carbonyl (C=O) groups is 3. The molecule has 0 aliphatic carbocycles. The number of hydrogen-bond donors (Lipinski definition) is 2. The third-order valence-electron chi connectivity index (χ3n) is 6.27. The van der Waals surface area contributed by atoms with Crippen molar-refractivity contribution in [3.8, 4) is 11.5 Å². The quantitative estimate of drug-likeness (QED) is 0.414. The maximum atomic E-state index is 13.5. The normalized spacial score (nSPS) is 15.4. The number of benzene rings is 3. The number of ether oxygens (including phenoxy) is 2. The van der Waals surface area contributed by atoms with E-state index in [-0.39, 0.29) is 29.9 Å². The van der Waals surface area contributed by atoms with Gasteiger partial charge >= 0.3 is 0 Å². The summed E-state index contributed by atoms with van der Waals surface area (Å²) >= 11 is 1.11. The largest absolute Gasteiger partial charge is 0.497 e. The van der Waals surface area contributed by atoms with Crippen molar-refractivity contribution in [1.29, 1.82) is 0 Å². The summed E-state index contributed by atoms with van der Waals surface area (Å²) in [6, 6.07) is 21.1. The van der Waals surface area contributed by atoms with Gasteiger partial charge in [0, 0.05) is 18.2 Å². The second-order valence-corrected chi connectivity index (χ2v) is 9.87. The van der Waals surface area contributed by atoms with Gasteiger partial charge < -0.3 is 20.1 Å². The zero-order valence-corrected chi connectivity index (χ0v) is 22.7. The van der Waals surface area contributed by atoms with Gasteiger partial charge in [0.2, 0.25) is 11.8 Å². The predicted molar refractivity (Wildman–Crippen MR) is 154 cm³/mol. The van der Waals surface area contributed by atoms with Gasteiger partial charge in [0.15, 0.2) is 5.17 Å². The molecule has 40 heavy (non-hydrogen) atoms. The number of nitrogens with one attached hydrogen (secondary N) is 2. The second kappa shape index (κ2) is 12.0. The molecule has 11 heteroatoms. The standard InChI is InChI=1S/C29H27N5O5S/c1-38-19-12-13-22(24(14-19)39-2)31-26(36)17-40-29-33-21-11-7-6-10-20(21)27-32-23(28(37)34(27)29)15-25(35)30-16-18-8-4-3-5-9-18/h3-14,23H,15-17H2,1-2H3,(H,30,35)(H,31,36)/t23-/m1/s1. The molecular weight excluding hydrogens is 530 g/mol. The van der Waals surface area contributed by atoms with Crippen molar-refractivity contribution in [2.24, 2.45) is 9.98 Å². The van der Waals surface area contributed by atoms with Crippen molar-refractivity contribution < 1.29 is 23.9 Å². The summed E-state index contributed by atoms with van der Waals surface area (Å²) in [4.78, 5) is 49.6. The van der Waals surface area contributed by atoms with E-state index in [9.17, 15) is 14.4 Å². The highest BCUT2D eigenvalue weighted by Gasteiger charge is 2.42. The molecular formula is C29H27N5O5S. The van der Waals surface area contributed by atoms with Crippen LogP contribution in [0.25, 0.3) is 0 Å². The predicted octanol–water partition coefficient (Wildman–Crippen LogP) is 3.74. The molecule has 3 aromatic rings. The van der Waals surface area contributed by atoms with Gasteiger partial charge in [0.05, 0.1) is 37.8 Å². The number of amides is 3. The number of methoxy groups -OCH3 is 2. The molecule has 2 heterocycles. The smallest absolute Gasteiger partial charge is 0.259 e. The summed E-state index contributed by atoms with van der Waals surface area (Å²) in [7, 11) is 3.05. The summed E-state index contributed by atoms with van der Waals surface area (Å²) in [6.45, 7) is 0.361. The van der Waals surface area contributed by atoms with Crippen LogP contribution in [0.5, 0.6) is 11.5 Å². The first-order chi connectivity index (χ1) is 19.5. The molecule has 3 amide bonds. The number of carbonyl (C=O) groups excluding carboxylic acids is 3. The number of rotatable bonds is 9. The van der Waals surface area contributed by atoms with Crippen LogP contribution in [-0.4, -0.2) is 59.6 Å². The van der Waals surface area contributed by atoms with E-state index in [4.69, 9.17) is 9.47 Å². The van der Waals surface area contributed by atoms with Crippen LogP contribution >= 0.6 is 11.8 Å². The number of fused-ring (bicyclic) bond motifs is 3. The van der Waals surface area contributed by atoms with Gasteiger partial charge in [-0.15, -0.1) is 0 Å². The van der Waals surface area contributed by atoms with Gasteiger partial charge in [0.1, 0.15) is 23.4 Å².